The van der Waals surface area contributed by atoms with Gasteiger partial charge < -0.3 is 15.8 Å². The van der Waals surface area contributed by atoms with E-state index in [0.717, 1.165) is 11.3 Å². The summed E-state index contributed by atoms with van der Waals surface area (Å²) in [4.78, 5) is 11.3. The number of rotatable bonds is 5. The predicted molar refractivity (Wildman–Crippen MR) is 68.0 cm³/mol. The third-order valence-electron chi connectivity index (χ3n) is 2.33. The van der Waals surface area contributed by atoms with Crippen molar-refractivity contribution in [3.05, 3.63) is 29.8 Å². The fourth-order valence-electron chi connectivity index (χ4n) is 1.51. The van der Waals surface area contributed by atoms with Gasteiger partial charge in [-0.25, -0.2) is 0 Å². The van der Waals surface area contributed by atoms with E-state index in [4.69, 9.17) is 10.5 Å². The van der Waals surface area contributed by atoms with Gasteiger partial charge >= 0.3 is 0 Å². The van der Waals surface area contributed by atoms with Crippen molar-refractivity contribution in [2.24, 2.45) is 5.73 Å². The first-order valence-corrected chi connectivity index (χ1v) is 5.75. The van der Waals surface area contributed by atoms with E-state index in [-0.39, 0.29) is 12.0 Å². The SMILES string of the molecule is CNC(=O)C(N)Cc1ccc(OC(C)C)cc1. The van der Waals surface area contributed by atoms with Crippen LogP contribution >= 0.6 is 0 Å². The molecule has 94 valence electrons. The summed E-state index contributed by atoms with van der Waals surface area (Å²) in [5.74, 6) is 0.685. The fourth-order valence-corrected chi connectivity index (χ4v) is 1.51. The van der Waals surface area contributed by atoms with Crippen molar-refractivity contribution in [3.63, 3.8) is 0 Å². The second-order valence-electron chi connectivity index (χ2n) is 4.24. The normalized spacial score (nSPS) is 12.3. The largest absolute Gasteiger partial charge is 0.491 e. The van der Waals surface area contributed by atoms with Crippen molar-refractivity contribution in [2.75, 3.05) is 7.05 Å². The molecule has 0 spiro atoms. The summed E-state index contributed by atoms with van der Waals surface area (Å²) in [6.45, 7) is 3.96. The maximum Gasteiger partial charge on any atom is 0.237 e. The molecule has 3 N–H and O–H groups in total. The monoisotopic (exact) mass is 236 g/mol. The molecule has 0 heterocycles. The topological polar surface area (TPSA) is 64.4 Å². The molecule has 0 fully saturated rings. The van der Waals surface area contributed by atoms with Crippen molar-refractivity contribution < 1.29 is 9.53 Å². The molecule has 0 radical (unpaired) electrons. The summed E-state index contributed by atoms with van der Waals surface area (Å²) in [5.41, 5.74) is 6.76. The molecule has 0 aliphatic carbocycles. The van der Waals surface area contributed by atoms with Crippen LogP contribution in [0.5, 0.6) is 5.75 Å². The van der Waals surface area contributed by atoms with Gasteiger partial charge in [0.2, 0.25) is 5.91 Å². The Bertz CT molecular complexity index is 360. The lowest BCUT2D eigenvalue weighted by Crippen LogP contribution is -2.40. The minimum Gasteiger partial charge on any atom is -0.491 e. The Labute approximate surface area is 102 Å². The van der Waals surface area contributed by atoms with Gasteiger partial charge in [0.15, 0.2) is 0 Å². The van der Waals surface area contributed by atoms with Crippen LogP contribution in [0.3, 0.4) is 0 Å². The van der Waals surface area contributed by atoms with Gasteiger partial charge in [-0.2, -0.15) is 0 Å². The molecule has 0 saturated heterocycles. The Kier molecular flexibility index (Phi) is 4.97. The summed E-state index contributed by atoms with van der Waals surface area (Å²) >= 11 is 0. The van der Waals surface area contributed by atoms with Crippen molar-refractivity contribution in [1.29, 1.82) is 0 Å². The van der Waals surface area contributed by atoms with Crippen LogP contribution in [-0.2, 0) is 11.2 Å². The first-order chi connectivity index (χ1) is 8.02. The average Bonchev–Trinajstić information content (AvgIpc) is 2.30. The fraction of sp³-hybridized carbons (Fsp3) is 0.462. The summed E-state index contributed by atoms with van der Waals surface area (Å²) < 4.78 is 5.53. The molecule has 1 amide bonds. The van der Waals surface area contributed by atoms with Crippen molar-refractivity contribution in [3.8, 4) is 5.75 Å². The van der Waals surface area contributed by atoms with E-state index < -0.39 is 6.04 Å². The number of hydrogen-bond donors (Lipinski definition) is 2. The van der Waals surface area contributed by atoms with Gasteiger partial charge in [-0.05, 0) is 38.0 Å². The van der Waals surface area contributed by atoms with Crippen LogP contribution in [0.4, 0.5) is 0 Å². The van der Waals surface area contributed by atoms with Gasteiger partial charge in [-0.15, -0.1) is 0 Å². The van der Waals surface area contributed by atoms with Gasteiger partial charge in [0, 0.05) is 7.05 Å². The van der Waals surface area contributed by atoms with E-state index in [2.05, 4.69) is 5.32 Å². The molecule has 0 saturated carbocycles. The first kappa shape index (κ1) is 13.5. The van der Waals surface area contributed by atoms with Gasteiger partial charge in [0.1, 0.15) is 5.75 Å². The predicted octanol–water partition coefficient (Wildman–Crippen LogP) is 1.09. The summed E-state index contributed by atoms with van der Waals surface area (Å²) in [5, 5.41) is 2.53. The Morgan fingerprint density at radius 3 is 2.41 bits per heavy atom. The molecule has 0 bridgehead atoms. The minimum absolute atomic E-state index is 0.146. The van der Waals surface area contributed by atoms with Crippen LogP contribution in [-0.4, -0.2) is 25.1 Å². The zero-order valence-corrected chi connectivity index (χ0v) is 10.6. The molecule has 1 atom stereocenters. The summed E-state index contributed by atoms with van der Waals surface area (Å²) in [7, 11) is 1.59. The van der Waals surface area contributed by atoms with Crippen LogP contribution in [0.15, 0.2) is 24.3 Å². The van der Waals surface area contributed by atoms with Crippen LogP contribution in [0.2, 0.25) is 0 Å². The average molecular weight is 236 g/mol. The molecule has 0 aliphatic rings. The van der Waals surface area contributed by atoms with E-state index in [1.54, 1.807) is 7.05 Å². The Morgan fingerprint density at radius 1 is 1.35 bits per heavy atom. The first-order valence-electron chi connectivity index (χ1n) is 5.75. The highest BCUT2D eigenvalue weighted by atomic mass is 16.5. The van der Waals surface area contributed by atoms with E-state index in [1.807, 2.05) is 38.1 Å². The molecule has 17 heavy (non-hydrogen) atoms. The maximum atomic E-state index is 11.3. The van der Waals surface area contributed by atoms with Crippen molar-refractivity contribution >= 4 is 5.91 Å². The summed E-state index contributed by atoms with van der Waals surface area (Å²) in [6.07, 6.45) is 0.690. The van der Waals surface area contributed by atoms with Crippen LogP contribution in [0, 0.1) is 0 Å². The second-order valence-corrected chi connectivity index (χ2v) is 4.24. The molecular weight excluding hydrogens is 216 g/mol. The molecule has 1 aromatic rings. The van der Waals surface area contributed by atoms with E-state index in [9.17, 15) is 4.79 Å². The number of nitrogens with one attached hydrogen (secondary N) is 1. The Morgan fingerprint density at radius 2 is 1.94 bits per heavy atom. The number of nitrogens with two attached hydrogens (primary N) is 1. The number of hydrogen-bond acceptors (Lipinski definition) is 3. The highest BCUT2D eigenvalue weighted by Gasteiger charge is 2.11. The van der Waals surface area contributed by atoms with Crippen molar-refractivity contribution in [2.45, 2.75) is 32.4 Å². The van der Waals surface area contributed by atoms with Crippen LogP contribution < -0.4 is 15.8 Å². The van der Waals surface area contributed by atoms with Gasteiger partial charge in [-0.1, -0.05) is 12.1 Å². The lowest BCUT2D eigenvalue weighted by Gasteiger charge is -2.12. The number of benzene rings is 1. The van der Waals surface area contributed by atoms with Gasteiger partial charge in [-0.3, -0.25) is 4.79 Å². The van der Waals surface area contributed by atoms with E-state index in [0.29, 0.717) is 6.42 Å². The molecule has 1 rings (SSSR count). The summed E-state index contributed by atoms with van der Waals surface area (Å²) in [6, 6.07) is 7.15. The number of likely N-dealkylation sites (N-methyl/N-ethyl adjacent to an activating group) is 1. The third kappa shape index (κ3) is 4.44. The molecule has 4 nitrogen and oxygen atoms in total. The second kappa shape index (κ2) is 6.25. The third-order valence-corrected chi connectivity index (χ3v) is 2.33. The highest BCUT2D eigenvalue weighted by Crippen LogP contribution is 2.14. The number of carbonyl (C=O) groups excluding carboxylic acids is 1. The van der Waals surface area contributed by atoms with Gasteiger partial charge in [0.25, 0.3) is 0 Å². The van der Waals surface area contributed by atoms with Gasteiger partial charge in [0.05, 0.1) is 12.1 Å². The molecular formula is C13H20N2O2. The molecule has 1 unspecified atom stereocenters. The van der Waals surface area contributed by atoms with Crippen LogP contribution in [0.1, 0.15) is 19.4 Å². The number of ether oxygens (including phenoxy) is 1. The number of amides is 1. The lowest BCUT2D eigenvalue weighted by molar-refractivity contribution is -0.121. The molecule has 4 heteroatoms. The lowest BCUT2D eigenvalue weighted by atomic mass is 10.1. The zero-order chi connectivity index (χ0) is 12.8. The molecule has 0 aromatic heterocycles. The molecule has 1 aromatic carbocycles. The zero-order valence-electron chi connectivity index (χ0n) is 10.6. The highest BCUT2D eigenvalue weighted by molar-refractivity contribution is 5.81. The molecule has 0 aliphatic heterocycles. The Balaban J connectivity index is 2.59. The van der Waals surface area contributed by atoms with Crippen LogP contribution in [0.25, 0.3) is 0 Å². The quantitative estimate of drug-likeness (QED) is 0.804. The minimum atomic E-state index is -0.503. The standard InChI is InChI=1S/C13H20N2O2/c1-9(2)17-11-6-4-10(5-7-11)8-12(14)13(16)15-3/h4-7,9,12H,8,14H2,1-3H3,(H,15,16). The van der Waals surface area contributed by atoms with E-state index in [1.165, 1.54) is 0 Å². The number of carbonyl (C=O) groups is 1. The Hall–Kier alpha value is -1.55. The van der Waals surface area contributed by atoms with Crippen molar-refractivity contribution in [1.82, 2.24) is 5.32 Å². The smallest absolute Gasteiger partial charge is 0.237 e. The van der Waals surface area contributed by atoms with E-state index >= 15 is 0 Å². The maximum absolute atomic E-state index is 11.3.